The summed E-state index contributed by atoms with van der Waals surface area (Å²) in [6.07, 6.45) is -2.50. The van der Waals surface area contributed by atoms with Gasteiger partial charge in [-0.3, -0.25) is 19.3 Å². The van der Waals surface area contributed by atoms with Crippen LogP contribution < -0.4 is 17.2 Å². The average Bonchev–Trinajstić information content (AvgIpc) is 2.74. The van der Waals surface area contributed by atoms with Crippen LogP contribution in [0.1, 0.15) is 20.3 Å². The van der Waals surface area contributed by atoms with E-state index in [1.165, 1.54) is 13.8 Å². The normalized spacial score (nSPS) is 25.5. The Morgan fingerprint density at radius 1 is 1.29 bits per heavy atom. The van der Waals surface area contributed by atoms with Crippen LogP contribution in [-0.4, -0.2) is 82.4 Å². The minimum Gasteiger partial charge on any atom is -0.481 e. The maximum Gasteiger partial charge on any atom is 0.338 e. The van der Waals surface area contributed by atoms with Crippen molar-refractivity contribution in [2.45, 2.75) is 44.1 Å². The van der Waals surface area contributed by atoms with Crippen molar-refractivity contribution >= 4 is 29.7 Å². The molecule has 13 heteroatoms. The zero-order chi connectivity index (χ0) is 22.0. The van der Waals surface area contributed by atoms with E-state index in [0.29, 0.717) is 4.90 Å². The van der Waals surface area contributed by atoms with Crippen LogP contribution in [0, 0.1) is 5.41 Å². The molecule has 0 aromatic carbocycles. The van der Waals surface area contributed by atoms with Gasteiger partial charge in [0.15, 0.2) is 12.3 Å². The van der Waals surface area contributed by atoms with Gasteiger partial charge >= 0.3 is 17.9 Å². The predicted octanol–water partition coefficient (Wildman–Crippen LogP) is -3.19. The predicted molar refractivity (Wildman–Crippen MR) is 90.1 cm³/mol. The molecule has 2 amide bonds. The molecule has 1 heterocycles. The number of cyclic esters (lactones) is 1. The van der Waals surface area contributed by atoms with E-state index in [1.54, 1.807) is 0 Å². The van der Waals surface area contributed by atoms with Crippen LogP contribution in [0.3, 0.4) is 0 Å². The van der Waals surface area contributed by atoms with Crippen molar-refractivity contribution in [3.8, 4) is 0 Å². The fraction of sp³-hybridized carbons (Fsp3) is 0.667. The molecule has 0 aromatic heterocycles. The van der Waals surface area contributed by atoms with Crippen LogP contribution >= 0.6 is 0 Å². The van der Waals surface area contributed by atoms with Crippen molar-refractivity contribution in [2.75, 3.05) is 13.7 Å². The van der Waals surface area contributed by atoms with Crippen LogP contribution in [0.4, 0.5) is 0 Å². The number of carbonyl (C=O) groups is 5. The van der Waals surface area contributed by atoms with E-state index in [0.717, 1.165) is 7.11 Å². The lowest BCUT2D eigenvalue weighted by Crippen LogP contribution is -2.68. The summed E-state index contributed by atoms with van der Waals surface area (Å²) in [5.74, 6) is -6.61. The Kier molecular flexibility index (Phi) is 6.71. The molecule has 0 aromatic rings. The van der Waals surface area contributed by atoms with E-state index in [2.05, 4.69) is 0 Å². The topological polar surface area (TPSA) is 226 Å². The Bertz CT molecular complexity index is 695. The summed E-state index contributed by atoms with van der Waals surface area (Å²) >= 11 is 0. The Hall–Kier alpha value is -2.77. The Morgan fingerprint density at radius 2 is 1.82 bits per heavy atom. The second-order valence-electron chi connectivity index (χ2n) is 6.91. The maximum atomic E-state index is 12.8. The van der Waals surface area contributed by atoms with Crippen molar-refractivity contribution in [3.63, 3.8) is 0 Å². The van der Waals surface area contributed by atoms with Gasteiger partial charge in [0.05, 0.1) is 24.5 Å². The molecule has 8 N–H and O–H groups in total. The monoisotopic (exact) mass is 404 g/mol. The first-order chi connectivity index (χ1) is 12.7. The van der Waals surface area contributed by atoms with Crippen molar-refractivity contribution in [3.05, 3.63) is 0 Å². The van der Waals surface area contributed by atoms with Crippen LogP contribution in [0.5, 0.6) is 0 Å². The number of carboxylic acid groups (broad SMARTS) is 2. The SMILES string of the molecule is COC[C@@H](C(=O)O)N(C(=O)[C@@H](N)CC(=O)O)C1OC(=O)C(N)(C(N)=O)C1(C)C. The molecule has 28 heavy (non-hydrogen) atoms. The van der Waals surface area contributed by atoms with E-state index in [-0.39, 0.29) is 0 Å². The number of esters is 1. The van der Waals surface area contributed by atoms with Gasteiger partial charge in [-0.05, 0) is 0 Å². The standard InChI is InChI=1S/C15H24N4O9/c1-14(2)12(28-13(26)15(14,18)11(17)25)19(7(5-27-3)10(23)24)9(22)6(16)4-8(20)21/h6-7,12H,4-5,16,18H2,1-3H3,(H2,17,25)(H,20,21)(H,23,24)/t6-,7-,12?,15?/m0/s1. The molecule has 2 unspecified atom stereocenters. The first-order valence-corrected chi connectivity index (χ1v) is 8.04. The highest BCUT2D eigenvalue weighted by Crippen LogP contribution is 2.44. The molecular weight excluding hydrogens is 380 g/mol. The highest BCUT2D eigenvalue weighted by atomic mass is 16.6. The molecule has 4 atom stereocenters. The molecule has 1 aliphatic rings. The van der Waals surface area contributed by atoms with Gasteiger partial charge in [0.2, 0.25) is 17.4 Å². The van der Waals surface area contributed by atoms with E-state index >= 15 is 0 Å². The number of carbonyl (C=O) groups excluding carboxylic acids is 3. The quantitative estimate of drug-likeness (QED) is 0.190. The number of nitrogens with zero attached hydrogens (tertiary/aromatic N) is 1. The molecule has 1 rings (SSSR count). The van der Waals surface area contributed by atoms with Crippen LogP contribution in [0.15, 0.2) is 0 Å². The fourth-order valence-electron chi connectivity index (χ4n) is 2.95. The number of methoxy groups -OCH3 is 1. The number of nitrogens with two attached hydrogens (primary N) is 3. The number of amides is 2. The van der Waals surface area contributed by atoms with Gasteiger partial charge in [-0.2, -0.15) is 0 Å². The molecular formula is C15H24N4O9. The number of aliphatic carboxylic acids is 2. The molecule has 0 aliphatic carbocycles. The van der Waals surface area contributed by atoms with E-state index in [4.69, 9.17) is 31.8 Å². The lowest BCUT2D eigenvalue weighted by Gasteiger charge is -2.41. The van der Waals surface area contributed by atoms with Crippen molar-refractivity contribution in [2.24, 2.45) is 22.6 Å². The lowest BCUT2D eigenvalue weighted by molar-refractivity contribution is -0.176. The largest absolute Gasteiger partial charge is 0.481 e. The molecule has 0 bridgehead atoms. The van der Waals surface area contributed by atoms with E-state index < -0.39 is 72.0 Å². The Balaban J connectivity index is 3.53. The number of rotatable bonds is 9. The van der Waals surface area contributed by atoms with E-state index in [1.807, 2.05) is 0 Å². The molecule has 0 radical (unpaired) electrons. The highest BCUT2D eigenvalue weighted by Gasteiger charge is 2.67. The van der Waals surface area contributed by atoms with Gasteiger partial charge in [-0.15, -0.1) is 0 Å². The highest BCUT2D eigenvalue weighted by molar-refractivity contribution is 6.09. The van der Waals surface area contributed by atoms with Crippen LogP contribution in [-0.2, 0) is 33.4 Å². The summed E-state index contributed by atoms with van der Waals surface area (Å²) in [6.45, 7) is 2.02. The number of hydrogen-bond acceptors (Lipinski definition) is 9. The third-order valence-electron chi connectivity index (χ3n) is 4.73. The first-order valence-electron chi connectivity index (χ1n) is 8.04. The molecule has 1 saturated heterocycles. The van der Waals surface area contributed by atoms with E-state index in [9.17, 15) is 29.1 Å². The van der Waals surface area contributed by atoms with Crippen LogP contribution in [0.2, 0.25) is 0 Å². The summed E-state index contributed by atoms with van der Waals surface area (Å²) in [6, 6.07) is -3.38. The molecule has 0 saturated carbocycles. The van der Waals surface area contributed by atoms with Gasteiger partial charge in [-0.25, -0.2) is 9.59 Å². The Morgan fingerprint density at radius 3 is 2.18 bits per heavy atom. The minimum atomic E-state index is -2.37. The zero-order valence-electron chi connectivity index (χ0n) is 15.6. The molecule has 1 aliphatic heterocycles. The van der Waals surface area contributed by atoms with Gasteiger partial charge in [0, 0.05) is 7.11 Å². The number of primary amides is 1. The van der Waals surface area contributed by atoms with Gasteiger partial charge < -0.3 is 36.9 Å². The Labute approximate surface area is 159 Å². The van der Waals surface area contributed by atoms with Crippen LogP contribution in [0.25, 0.3) is 0 Å². The lowest BCUT2D eigenvalue weighted by atomic mass is 9.72. The summed E-state index contributed by atoms with van der Waals surface area (Å²) in [5, 5.41) is 18.4. The average molecular weight is 404 g/mol. The van der Waals surface area contributed by atoms with Gasteiger partial charge in [-0.1, -0.05) is 13.8 Å². The third-order valence-corrected chi connectivity index (χ3v) is 4.73. The summed E-state index contributed by atoms with van der Waals surface area (Å²) in [7, 11) is 1.16. The molecule has 158 valence electrons. The number of ether oxygens (including phenoxy) is 2. The zero-order valence-corrected chi connectivity index (χ0v) is 15.6. The summed E-state index contributed by atoms with van der Waals surface area (Å²) < 4.78 is 9.90. The molecule has 13 nitrogen and oxygen atoms in total. The van der Waals surface area contributed by atoms with Gasteiger partial charge in [0.1, 0.15) is 0 Å². The first kappa shape index (κ1) is 23.3. The van der Waals surface area contributed by atoms with Crippen molar-refractivity contribution < 1.29 is 43.7 Å². The maximum absolute atomic E-state index is 12.8. The number of carboxylic acids is 2. The van der Waals surface area contributed by atoms with Crippen molar-refractivity contribution in [1.29, 1.82) is 0 Å². The molecule has 1 fully saturated rings. The summed E-state index contributed by atoms with van der Waals surface area (Å²) in [4.78, 5) is 60.2. The molecule has 0 spiro atoms. The second kappa shape index (κ2) is 8.08. The second-order valence-corrected chi connectivity index (χ2v) is 6.91. The fourth-order valence-corrected chi connectivity index (χ4v) is 2.95. The van der Waals surface area contributed by atoms with Crippen molar-refractivity contribution in [1.82, 2.24) is 4.90 Å². The van der Waals surface area contributed by atoms with Gasteiger partial charge in [0.25, 0.3) is 0 Å². The number of hydrogen-bond donors (Lipinski definition) is 5. The smallest absolute Gasteiger partial charge is 0.338 e. The third kappa shape index (κ3) is 3.76. The summed E-state index contributed by atoms with van der Waals surface area (Å²) in [5.41, 5.74) is 12.7. The minimum absolute atomic E-state index is 0.543.